The molecule has 1 unspecified atom stereocenters. The lowest BCUT2D eigenvalue weighted by atomic mass is 9.83. The molecule has 0 aromatic rings. The summed E-state index contributed by atoms with van der Waals surface area (Å²) in [6, 6.07) is 0. The third-order valence-electron chi connectivity index (χ3n) is 2.01. The van der Waals surface area contributed by atoms with Crippen LogP contribution in [-0.4, -0.2) is 20.1 Å². The van der Waals surface area contributed by atoms with E-state index in [0.29, 0.717) is 5.41 Å². The molecule has 0 saturated heterocycles. The van der Waals surface area contributed by atoms with E-state index in [0.717, 1.165) is 19.0 Å². The topological polar surface area (TPSA) is 38.0 Å². The van der Waals surface area contributed by atoms with Gasteiger partial charge in [-0.3, -0.25) is 0 Å². The largest absolute Gasteiger partial charge is 0.330 e. The van der Waals surface area contributed by atoms with E-state index in [4.69, 9.17) is 5.73 Å². The Morgan fingerprint density at radius 2 is 2.00 bits per heavy atom. The molecule has 0 heterocycles. The summed E-state index contributed by atoms with van der Waals surface area (Å²) in [6.07, 6.45) is 1.20. The lowest BCUT2D eigenvalue weighted by Crippen LogP contribution is -2.28. The van der Waals surface area contributed by atoms with Crippen molar-refractivity contribution >= 4 is 0 Å². The second-order valence-corrected chi connectivity index (χ2v) is 4.24. The van der Waals surface area contributed by atoms with Crippen LogP contribution in [0, 0.1) is 11.3 Å². The fourth-order valence-corrected chi connectivity index (χ4v) is 1.45. The maximum absolute atomic E-state index is 5.63. The van der Waals surface area contributed by atoms with Crippen LogP contribution in [0.25, 0.3) is 0 Å². The number of nitrogens with one attached hydrogen (secondary N) is 1. The van der Waals surface area contributed by atoms with E-state index in [1.54, 1.807) is 0 Å². The van der Waals surface area contributed by atoms with Gasteiger partial charge in [-0.2, -0.15) is 0 Å². The zero-order valence-corrected chi connectivity index (χ0v) is 8.28. The summed E-state index contributed by atoms with van der Waals surface area (Å²) in [4.78, 5) is 0. The van der Waals surface area contributed by atoms with E-state index in [2.05, 4.69) is 26.1 Å². The monoisotopic (exact) mass is 158 g/mol. The number of rotatable bonds is 5. The van der Waals surface area contributed by atoms with Gasteiger partial charge in [0, 0.05) is 0 Å². The SMILES string of the molecule is CNCC(C)CC(C)(C)CN. The van der Waals surface area contributed by atoms with Gasteiger partial charge in [0.15, 0.2) is 0 Å². The molecule has 0 radical (unpaired) electrons. The Morgan fingerprint density at radius 1 is 1.45 bits per heavy atom. The lowest BCUT2D eigenvalue weighted by molar-refractivity contribution is 0.283. The van der Waals surface area contributed by atoms with Gasteiger partial charge in [0.25, 0.3) is 0 Å². The van der Waals surface area contributed by atoms with E-state index in [1.165, 1.54) is 6.42 Å². The van der Waals surface area contributed by atoms with Crippen molar-refractivity contribution < 1.29 is 0 Å². The van der Waals surface area contributed by atoms with Gasteiger partial charge in [-0.25, -0.2) is 0 Å². The quantitative estimate of drug-likeness (QED) is 0.631. The van der Waals surface area contributed by atoms with Crippen molar-refractivity contribution in [1.29, 1.82) is 0 Å². The molecule has 2 heteroatoms. The van der Waals surface area contributed by atoms with Crippen LogP contribution in [0.15, 0.2) is 0 Å². The van der Waals surface area contributed by atoms with E-state index in [1.807, 2.05) is 7.05 Å². The highest BCUT2D eigenvalue weighted by Gasteiger charge is 2.18. The van der Waals surface area contributed by atoms with Crippen molar-refractivity contribution in [1.82, 2.24) is 5.32 Å². The molecular formula is C9H22N2. The highest BCUT2D eigenvalue weighted by Crippen LogP contribution is 2.23. The normalized spacial score (nSPS) is 15.0. The first-order valence-electron chi connectivity index (χ1n) is 4.36. The predicted molar refractivity (Wildman–Crippen MR) is 50.5 cm³/mol. The Hall–Kier alpha value is -0.0800. The van der Waals surface area contributed by atoms with Gasteiger partial charge in [0.1, 0.15) is 0 Å². The smallest absolute Gasteiger partial charge is 0.00257 e. The minimum atomic E-state index is 0.302. The van der Waals surface area contributed by atoms with Crippen LogP contribution in [0.5, 0.6) is 0 Å². The summed E-state index contributed by atoms with van der Waals surface area (Å²) in [5, 5.41) is 3.17. The maximum Gasteiger partial charge on any atom is -0.00257 e. The Balaban J connectivity index is 3.64. The minimum Gasteiger partial charge on any atom is -0.330 e. The molecule has 3 N–H and O–H groups in total. The average molecular weight is 158 g/mol. The molecule has 1 atom stereocenters. The van der Waals surface area contributed by atoms with Crippen molar-refractivity contribution in [3.8, 4) is 0 Å². The van der Waals surface area contributed by atoms with Crippen LogP contribution in [-0.2, 0) is 0 Å². The third kappa shape index (κ3) is 5.22. The van der Waals surface area contributed by atoms with Crippen LogP contribution in [0.3, 0.4) is 0 Å². The Kier molecular flexibility index (Phi) is 4.69. The zero-order valence-electron chi connectivity index (χ0n) is 8.28. The van der Waals surface area contributed by atoms with Crippen molar-refractivity contribution in [3.63, 3.8) is 0 Å². The highest BCUT2D eigenvalue weighted by molar-refractivity contribution is 4.72. The van der Waals surface area contributed by atoms with Gasteiger partial charge in [0.2, 0.25) is 0 Å². The summed E-state index contributed by atoms with van der Waals surface area (Å²) in [5.41, 5.74) is 5.93. The molecule has 0 aromatic carbocycles. The zero-order chi connectivity index (χ0) is 8.91. The molecular weight excluding hydrogens is 136 g/mol. The fourth-order valence-electron chi connectivity index (χ4n) is 1.45. The van der Waals surface area contributed by atoms with Gasteiger partial charge >= 0.3 is 0 Å². The van der Waals surface area contributed by atoms with Crippen molar-refractivity contribution in [3.05, 3.63) is 0 Å². The van der Waals surface area contributed by atoms with Gasteiger partial charge in [-0.05, 0) is 37.9 Å². The summed E-state index contributed by atoms with van der Waals surface area (Å²) in [6.45, 7) is 8.57. The Morgan fingerprint density at radius 3 is 2.36 bits per heavy atom. The molecule has 11 heavy (non-hydrogen) atoms. The third-order valence-corrected chi connectivity index (χ3v) is 2.01. The molecule has 68 valence electrons. The predicted octanol–water partition coefficient (Wildman–Crippen LogP) is 1.22. The Labute approximate surface area is 70.5 Å². The van der Waals surface area contributed by atoms with Gasteiger partial charge in [-0.1, -0.05) is 20.8 Å². The molecule has 0 fully saturated rings. The number of hydrogen-bond acceptors (Lipinski definition) is 2. The summed E-state index contributed by atoms with van der Waals surface area (Å²) in [5.74, 6) is 0.721. The van der Waals surface area contributed by atoms with Crippen LogP contribution >= 0.6 is 0 Å². The van der Waals surface area contributed by atoms with Gasteiger partial charge in [-0.15, -0.1) is 0 Å². The van der Waals surface area contributed by atoms with Crippen LogP contribution in [0.4, 0.5) is 0 Å². The molecule has 0 bridgehead atoms. The summed E-state index contributed by atoms with van der Waals surface area (Å²) in [7, 11) is 1.99. The van der Waals surface area contributed by atoms with Crippen molar-refractivity contribution in [2.45, 2.75) is 27.2 Å². The molecule has 0 aromatic heterocycles. The first-order chi connectivity index (χ1) is 5.02. The lowest BCUT2D eigenvalue weighted by Gasteiger charge is -2.26. The minimum absolute atomic E-state index is 0.302. The maximum atomic E-state index is 5.63. The second kappa shape index (κ2) is 4.73. The highest BCUT2D eigenvalue weighted by atomic mass is 14.8. The molecule has 0 aliphatic carbocycles. The standard InChI is InChI=1S/C9H22N2/c1-8(6-11-4)5-9(2,3)7-10/h8,11H,5-7,10H2,1-4H3. The molecule has 2 nitrogen and oxygen atoms in total. The van der Waals surface area contributed by atoms with E-state index >= 15 is 0 Å². The summed E-state index contributed by atoms with van der Waals surface area (Å²) >= 11 is 0. The van der Waals surface area contributed by atoms with Crippen molar-refractivity contribution in [2.24, 2.45) is 17.1 Å². The second-order valence-electron chi connectivity index (χ2n) is 4.24. The molecule has 0 amide bonds. The molecule has 0 aliphatic heterocycles. The number of hydrogen-bond donors (Lipinski definition) is 2. The van der Waals surface area contributed by atoms with Crippen molar-refractivity contribution in [2.75, 3.05) is 20.1 Å². The molecule has 0 spiro atoms. The first kappa shape index (κ1) is 10.9. The first-order valence-corrected chi connectivity index (χ1v) is 4.36. The fraction of sp³-hybridized carbons (Fsp3) is 1.00. The van der Waals surface area contributed by atoms with E-state index < -0.39 is 0 Å². The van der Waals surface area contributed by atoms with Crippen LogP contribution in [0.2, 0.25) is 0 Å². The average Bonchev–Trinajstić information content (AvgIpc) is 1.87. The molecule has 0 rings (SSSR count). The van der Waals surface area contributed by atoms with Crippen LogP contribution < -0.4 is 11.1 Å². The number of nitrogens with two attached hydrogens (primary N) is 1. The molecule has 0 saturated carbocycles. The summed E-state index contributed by atoms with van der Waals surface area (Å²) < 4.78 is 0. The van der Waals surface area contributed by atoms with Crippen LogP contribution in [0.1, 0.15) is 27.2 Å². The van der Waals surface area contributed by atoms with E-state index in [9.17, 15) is 0 Å². The van der Waals surface area contributed by atoms with Gasteiger partial charge in [0.05, 0.1) is 0 Å². The van der Waals surface area contributed by atoms with E-state index in [-0.39, 0.29) is 0 Å². The Bertz CT molecular complexity index is 99.7. The molecule has 0 aliphatic rings. The van der Waals surface area contributed by atoms with Gasteiger partial charge < -0.3 is 11.1 Å².